The van der Waals surface area contributed by atoms with E-state index in [0.29, 0.717) is 31.1 Å². The van der Waals surface area contributed by atoms with E-state index < -0.39 is 10.0 Å². The number of benzene rings is 2. The van der Waals surface area contributed by atoms with Crippen molar-refractivity contribution in [1.82, 2.24) is 4.31 Å². The molecule has 0 saturated carbocycles. The van der Waals surface area contributed by atoms with Gasteiger partial charge in [-0.2, -0.15) is 4.31 Å². The number of hydrogen-bond acceptors (Lipinski definition) is 5. The molecule has 7 heteroatoms. The van der Waals surface area contributed by atoms with Crippen LogP contribution in [0.5, 0.6) is 11.5 Å². The molecule has 2 aliphatic heterocycles. The van der Waals surface area contributed by atoms with Gasteiger partial charge in [0.15, 0.2) is 11.5 Å². The minimum atomic E-state index is -3.44. The zero-order valence-electron chi connectivity index (χ0n) is 14.7. The van der Waals surface area contributed by atoms with Gasteiger partial charge in [0, 0.05) is 37.9 Å². The van der Waals surface area contributed by atoms with Crippen LogP contribution in [0.2, 0.25) is 0 Å². The fourth-order valence-electron chi connectivity index (χ4n) is 3.31. The molecule has 0 bridgehead atoms. The molecule has 0 unspecified atom stereocenters. The third-order valence-electron chi connectivity index (χ3n) is 4.93. The number of piperazine rings is 1. The first-order valence-corrected chi connectivity index (χ1v) is 10.3. The van der Waals surface area contributed by atoms with E-state index in [1.54, 1.807) is 16.4 Å². The van der Waals surface area contributed by atoms with Crippen molar-refractivity contribution < 1.29 is 17.9 Å². The van der Waals surface area contributed by atoms with Gasteiger partial charge in [-0.05, 0) is 36.2 Å². The minimum Gasteiger partial charge on any atom is -0.454 e. The summed E-state index contributed by atoms with van der Waals surface area (Å²) in [5.74, 6) is 1.50. The Labute approximate surface area is 154 Å². The lowest BCUT2D eigenvalue weighted by Crippen LogP contribution is -2.48. The Morgan fingerprint density at radius 2 is 1.62 bits per heavy atom. The Bertz CT molecular complexity index is 888. The van der Waals surface area contributed by atoms with E-state index in [1.807, 2.05) is 30.3 Å². The van der Waals surface area contributed by atoms with Crippen LogP contribution in [0.15, 0.2) is 47.4 Å². The maximum atomic E-state index is 12.9. The molecule has 0 spiro atoms. The van der Waals surface area contributed by atoms with Crippen molar-refractivity contribution in [2.45, 2.75) is 18.2 Å². The lowest BCUT2D eigenvalue weighted by molar-refractivity contribution is 0.174. The molecule has 2 aromatic rings. The Kier molecular flexibility index (Phi) is 4.50. The van der Waals surface area contributed by atoms with Gasteiger partial charge in [0.2, 0.25) is 16.8 Å². The molecular weight excluding hydrogens is 352 g/mol. The number of fused-ring (bicyclic) bond motifs is 1. The predicted octanol–water partition coefficient (Wildman–Crippen LogP) is 2.49. The zero-order chi connectivity index (χ0) is 18.1. The molecule has 2 heterocycles. The van der Waals surface area contributed by atoms with E-state index in [4.69, 9.17) is 9.47 Å². The quantitative estimate of drug-likeness (QED) is 0.823. The number of aryl methyl sites for hydroxylation is 1. The van der Waals surface area contributed by atoms with Crippen molar-refractivity contribution in [2.75, 3.05) is 37.9 Å². The summed E-state index contributed by atoms with van der Waals surface area (Å²) in [7, 11) is -3.44. The van der Waals surface area contributed by atoms with Gasteiger partial charge in [-0.3, -0.25) is 0 Å². The Morgan fingerprint density at radius 3 is 2.31 bits per heavy atom. The van der Waals surface area contributed by atoms with E-state index in [-0.39, 0.29) is 6.79 Å². The monoisotopic (exact) mass is 374 g/mol. The lowest BCUT2D eigenvalue weighted by Gasteiger charge is -2.35. The van der Waals surface area contributed by atoms with Crippen molar-refractivity contribution in [3.05, 3.63) is 48.0 Å². The summed E-state index contributed by atoms with van der Waals surface area (Å²) in [5.41, 5.74) is 2.16. The molecule has 6 nitrogen and oxygen atoms in total. The van der Waals surface area contributed by atoms with E-state index in [0.717, 1.165) is 29.2 Å². The number of hydrogen-bond donors (Lipinski definition) is 0. The summed E-state index contributed by atoms with van der Waals surface area (Å²) < 4.78 is 38.0. The van der Waals surface area contributed by atoms with Gasteiger partial charge in [0.1, 0.15) is 0 Å². The number of nitrogens with zero attached hydrogens (tertiary/aromatic N) is 2. The van der Waals surface area contributed by atoms with E-state index >= 15 is 0 Å². The molecule has 0 radical (unpaired) electrons. The average Bonchev–Trinajstić information content (AvgIpc) is 3.16. The lowest BCUT2D eigenvalue weighted by atomic mass is 10.2. The Hall–Kier alpha value is -2.25. The molecule has 0 amide bonds. The normalized spacial score (nSPS) is 17.5. The van der Waals surface area contributed by atoms with E-state index in [1.165, 1.54) is 0 Å². The smallest absolute Gasteiger partial charge is 0.243 e. The molecule has 138 valence electrons. The average molecular weight is 374 g/mol. The standard InChI is InChI=1S/C19H22N2O4S/c1-2-15-3-6-17(7-4-15)26(22,23)21-11-9-20(10-12-21)16-5-8-18-19(13-16)25-14-24-18/h3-8,13H,2,9-12,14H2,1H3. The second-order valence-corrected chi connectivity index (χ2v) is 8.36. The summed E-state index contributed by atoms with van der Waals surface area (Å²) in [6.45, 7) is 4.52. The van der Waals surface area contributed by atoms with Gasteiger partial charge >= 0.3 is 0 Å². The molecule has 0 N–H and O–H groups in total. The fourth-order valence-corrected chi connectivity index (χ4v) is 4.74. The van der Waals surface area contributed by atoms with Gasteiger partial charge in [-0.15, -0.1) is 0 Å². The Balaban J connectivity index is 1.45. The van der Waals surface area contributed by atoms with Gasteiger partial charge < -0.3 is 14.4 Å². The number of ether oxygens (including phenoxy) is 2. The van der Waals surface area contributed by atoms with Crippen LogP contribution >= 0.6 is 0 Å². The van der Waals surface area contributed by atoms with E-state index in [9.17, 15) is 8.42 Å². The van der Waals surface area contributed by atoms with Gasteiger partial charge in [0.25, 0.3) is 0 Å². The highest BCUT2D eigenvalue weighted by Gasteiger charge is 2.29. The largest absolute Gasteiger partial charge is 0.454 e. The van der Waals surface area contributed by atoms with Crippen molar-refractivity contribution in [2.24, 2.45) is 0 Å². The van der Waals surface area contributed by atoms with Crippen LogP contribution in [0, 0.1) is 0 Å². The molecule has 0 aromatic heterocycles. The summed E-state index contributed by atoms with van der Waals surface area (Å²) >= 11 is 0. The first-order valence-electron chi connectivity index (χ1n) is 8.81. The molecule has 0 aliphatic carbocycles. The summed E-state index contributed by atoms with van der Waals surface area (Å²) in [6, 6.07) is 13.0. The predicted molar refractivity (Wildman–Crippen MR) is 99.4 cm³/mol. The second-order valence-electron chi connectivity index (χ2n) is 6.43. The second kappa shape index (κ2) is 6.81. The highest BCUT2D eigenvalue weighted by Crippen LogP contribution is 2.35. The SMILES string of the molecule is CCc1ccc(S(=O)(=O)N2CCN(c3ccc4c(c3)OCO4)CC2)cc1. The summed E-state index contributed by atoms with van der Waals surface area (Å²) in [6.07, 6.45) is 0.897. The van der Waals surface area contributed by atoms with Crippen molar-refractivity contribution in [3.8, 4) is 11.5 Å². The summed E-state index contributed by atoms with van der Waals surface area (Å²) in [4.78, 5) is 2.54. The number of sulfonamides is 1. The highest BCUT2D eigenvalue weighted by molar-refractivity contribution is 7.89. The van der Waals surface area contributed by atoms with Crippen molar-refractivity contribution in [3.63, 3.8) is 0 Å². The summed E-state index contributed by atoms with van der Waals surface area (Å²) in [5, 5.41) is 0. The molecule has 4 rings (SSSR count). The van der Waals surface area contributed by atoms with E-state index in [2.05, 4.69) is 11.8 Å². The van der Waals surface area contributed by atoms with Crippen LogP contribution in [0.25, 0.3) is 0 Å². The van der Waals surface area contributed by atoms with Gasteiger partial charge in [0.05, 0.1) is 4.90 Å². The van der Waals surface area contributed by atoms with Crippen molar-refractivity contribution >= 4 is 15.7 Å². The maximum Gasteiger partial charge on any atom is 0.243 e. The minimum absolute atomic E-state index is 0.252. The molecule has 2 aromatic carbocycles. The molecule has 2 aliphatic rings. The van der Waals surface area contributed by atoms with Gasteiger partial charge in [-0.1, -0.05) is 19.1 Å². The molecule has 0 atom stereocenters. The topological polar surface area (TPSA) is 59.1 Å². The van der Waals surface area contributed by atoms with Crippen molar-refractivity contribution in [1.29, 1.82) is 0 Å². The molecular formula is C19H22N2O4S. The van der Waals surface area contributed by atoms with Crippen LogP contribution in [0.1, 0.15) is 12.5 Å². The number of rotatable bonds is 4. The van der Waals surface area contributed by atoms with Crippen LogP contribution in [-0.2, 0) is 16.4 Å². The first-order chi connectivity index (χ1) is 12.6. The highest BCUT2D eigenvalue weighted by atomic mass is 32.2. The number of anilines is 1. The molecule has 1 saturated heterocycles. The van der Waals surface area contributed by atoms with Crippen LogP contribution in [0.4, 0.5) is 5.69 Å². The molecule has 26 heavy (non-hydrogen) atoms. The Morgan fingerprint density at radius 1 is 0.923 bits per heavy atom. The van der Waals surface area contributed by atoms with Crippen LogP contribution < -0.4 is 14.4 Å². The van der Waals surface area contributed by atoms with Crippen LogP contribution in [0.3, 0.4) is 0 Å². The first kappa shape index (κ1) is 17.2. The third kappa shape index (κ3) is 3.12. The van der Waals surface area contributed by atoms with Gasteiger partial charge in [-0.25, -0.2) is 8.42 Å². The van der Waals surface area contributed by atoms with Crippen LogP contribution in [-0.4, -0.2) is 45.7 Å². The fraction of sp³-hybridized carbons (Fsp3) is 0.368. The molecule has 1 fully saturated rings. The third-order valence-corrected chi connectivity index (χ3v) is 6.84. The zero-order valence-corrected chi connectivity index (χ0v) is 15.5. The maximum absolute atomic E-state index is 12.9.